The molecule has 0 aliphatic heterocycles. The second-order valence-electron chi connectivity index (χ2n) is 5.20. The van der Waals surface area contributed by atoms with Crippen molar-refractivity contribution in [2.45, 2.75) is 13.0 Å². The van der Waals surface area contributed by atoms with Crippen LogP contribution in [0.1, 0.15) is 11.1 Å². The lowest BCUT2D eigenvalue weighted by atomic mass is 10.1. The molecule has 0 saturated carbocycles. The van der Waals surface area contributed by atoms with Crippen LogP contribution in [0.25, 0.3) is 0 Å². The van der Waals surface area contributed by atoms with Gasteiger partial charge in [-0.2, -0.15) is 0 Å². The summed E-state index contributed by atoms with van der Waals surface area (Å²) in [5.41, 5.74) is 2.20. The van der Waals surface area contributed by atoms with Crippen LogP contribution in [0.4, 0.5) is 4.39 Å². The van der Waals surface area contributed by atoms with Crippen molar-refractivity contribution in [3.63, 3.8) is 0 Å². The van der Waals surface area contributed by atoms with Gasteiger partial charge in [-0.3, -0.25) is 4.99 Å². The van der Waals surface area contributed by atoms with E-state index in [1.54, 1.807) is 26.3 Å². The molecule has 0 aliphatic carbocycles. The van der Waals surface area contributed by atoms with Crippen LogP contribution in [0.2, 0.25) is 0 Å². The fraction of sp³-hybridized carbons (Fsp3) is 0.278. The Kier molecular flexibility index (Phi) is 7.06. The number of benzene rings is 2. The molecule has 0 aromatic heterocycles. The van der Waals surface area contributed by atoms with Gasteiger partial charge in [0.2, 0.25) is 0 Å². The second-order valence-corrected chi connectivity index (χ2v) is 6.05. The summed E-state index contributed by atoms with van der Waals surface area (Å²) in [4.78, 5) is 4.20. The molecular formula is C18H21BrFN3O. The Labute approximate surface area is 150 Å². The number of nitrogens with zero attached hydrogens (tertiary/aromatic N) is 1. The topological polar surface area (TPSA) is 45.7 Å². The van der Waals surface area contributed by atoms with Gasteiger partial charge < -0.3 is 15.4 Å². The van der Waals surface area contributed by atoms with Gasteiger partial charge >= 0.3 is 0 Å². The van der Waals surface area contributed by atoms with Gasteiger partial charge in [-0.25, -0.2) is 4.39 Å². The van der Waals surface area contributed by atoms with E-state index >= 15 is 0 Å². The van der Waals surface area contributed by atoms with Crippen LogP contribution in [0.15, 0.2) is 51.9 Å². The number of rotatable bonds is 6. The molecule has 2 aromatic rings. The smallest absolute Gasteiger partial charge is 0.191 e. The van der Waals surface area contributed by atoms with Crippen LogP contribution in [0.3, 0.4) is 0 Å². The lowest BCUT2D eigenvalue weighted by Gasteiger charge is -2.13. The van der Waals surface area contributed by atoms with Gasteiger partial charge in [0, 0.05) is 20.1 Å². The Balaban J connectivity index is 1.80. The van der Waals surface area contributed by atoms with Gasteiger partial charge in [-0.05, 0) is 57.7 Å². The fourth-order valence-electron chi connectivity index (χ4n) is 2.20. The minimum atomic E-state index is -0.213. The molecule has 0 bridgehead atoms. The van der Waals surface area contributed by atoms with Crippen LogP contribution in [-0.4, -0.2) is 26.7 Å². The Morgan fingerprint density at radius 2 is 1.83 bits per heavy atom. The first-order valence-electron chi connectivity index (χ1n) is 7.63. The number of nitrogens with one attached hydrogen (secondary N) is 2. The molecule has 0 heterocycles. The summed E-state index contributed by atoms with van der Waals surface area (Å²) in [5.74, 6) is 1.32. The fourth-order valence-corrected chi connectivity index (χ4v) is 2.79. The molecule has 0 saturated heterocycles. The first-order valence-corrected chi connectivity index (χ1v) is 8.43. The van der Waals surface area contributed by atoms with E-state index in [4.69, 9.17) is 4.74 Å². The summed E-state index contributed by atoms with van der Waals surface area (Å²) in [5, 5.41) is 6.51. The number of hydrogen-bond acceptors (Lipinski definition) is 2. The third-order valence-electron chi connectivity index (χ3n) is 3.52. The normalized spacial score (nSPS) is 11.2. The first kappa shape index (κ1) is 18.3. The molecule has 0 atom stereocenters. The standard InChI is InChI=1S/C18H21BrFN3O/c1-21-18(22-10-9-13-3-6-15(20)7-4-13)23-12-14-5-8-17(24-2)16(19)11-14/h3-8,11H,9-10,12H2,1-2H3,(H2,21,22,23). The van der Waals surface area contributed by atoms with Crippen LogP contribution < -0.4 is 15.4 Å². The number of aliphatic imine (C=N–C) groups is 1. The number of halogens is 2. The van der Waals surface area contributed by atoms with Gasteiger partial charge in [0.05, 0.1) is 11.6 Å². The molecule has 24 heavy (non-hydrogen) atoms. The second kappa shape index (κ2) is 9.27. The Hall–Kier alpha value is -2.08. The molecule has 0 radical (unpaired) electrons. The highest BCUT2D eigenvalue weighted by atomic mass is 79.9. The predicted molar refractivity (Wildman–Crippen MR) is 99.0 cm³/mol. The van der Waals surface area contributed by atoms with Crippen LogP contribution in [0.5, 0.6) is 5.75 Å². The van der Waals surface area contributed by atoms with Crippen molar-refractivity contribution >= 4 is 21.9 Å². The molecule has 128 valence electrons. The van der Waals surface area contributed by atoms with Gasteiger partial charge in [-0.15, -0.1) is 0 Å². The van der Waals surface area contributed by atoms with E-state index in [1.807, 2.05) is 18.2 Å². The molecule has 2 aromatic carbocycles. The van der Waals surface area contributed by atoms with Crippen molar-refractivity contribution in [3.8, 4) is 5.75 Å². The number of hydrogen-bond donors (Lipinski definition) is 2. The van der Waals surface area contributed by atoms with E-state index in [-0.39, 0.29) is 5.82 Å². The lowest BCUT2D eigenvalue weighted by molar-refractivity contribution is 0.412. The molecule has 0 amide bonds. The predicted octanol–water partition coefficient (Wildman–Crippen LogP) is 3.50. The van der Waals surface area contributed by atoms with Crippen molar-refractivity contribution in [1.82, 2.24) is 10.6 Å². The Morgan fingerprint density at radius 3 is 2.46 bits per heavy atom. The molecule has 2 N–H and O–H groups in total. The number of methoxy groups -OCH3 is 1. The van der Waals surface area contributed by atoms with Gasteiger partial charge in [0.25, 0.3) is 0 Å². The molecule has 4 nitrogen and oxygen atoms in total. The van der Waals surface area contributed by atoms with E-state index in [2.05, 4.69) is 31.6 Å². The Bertz CT molecular complexity index is 689. The van der Waals surface area contributed by atoms with Crippen LogP contribution >= 0.6 is 15.9 Å². The van der Waals surface area contributed by atoms with E-state index in [9.17, 15) is 4.39 Å². The third-order valence-corrected chi connectivity index (χ3v) is 4.14. The zero-order valence-corrected chi connectivity index (χ0v) is 15.4. The van der Waals surface area contributed by atoms with Crippen molar-refractivity contribution in [1.29, 1.82) is 0 Å². The van der Waals surface area contributed by atoms with E-state index in [0.29, 0.717) is 6.54 Å². The Morgan fingerprint density at radius 1 is 1.12 bits per heavy atom. The summed E-state index contributed by atoms with van der Waals surface area (Å²) in [7, 11) is 3.38. The molecule has 0 spiro atoms. The summed E-state index contributed by atoms with van der Waals surface area (Å²) in [6.07, 6.45) is 0.801. The quantitative estimate of drug-likeness (QED) is 0.582. The van der Waals surface area contributed by atoms with Crippen molar-refractivity contribution in [2.24, 2.45) is 4.99 Å². The summed E-state index contributed by atoms with van der Waals surface area (Å²) in [6.45, 7) is 1.37. The highest BCUT2D eigenvalue weighted by Gasteiger charge is 2.03. The number of guanidine groups is 1. The molecule has 2 rings (SSSR count). The maximum Gasteiger partial charge on any atom is 0.191 e. The van der Waals surface area contributed by atoms with E-state index < -0.39 is 0 Å². The van der Waals surface area contributed by atoms with Crippen molar-refractivity contribution in [2.75, 3.05) is 20.7 Å². The minimum absolute atomic E-state index is 0.213. The largest absolute Gasteiger partial charge is 0.496 e. The monoisotopic (exact) mass is 393 g/mol. The highest BCUT2D eigenvalue weighted by Crippen LogP contribution is 2.25. The van der Waals surface area contributed by atoms with Gasteiger partial charge in [0.15, 0.2) is 5.96 Å². The van der Waals surface area contributed by atoms with Gasteiger partial charge in [-0.1, -0.05) is 18.2 Å². The maximum atomic E-state index is 12.9. The number of ether oxygens (including phenoxy) is 1. The summed E-state index contributed by atoms with van der Waals surface area (Å²) >= 11 is 3.48. The molecule has 0 aliphatic rings. The molecular weight excluding hydrogens is 373 g/mol. The van der Waals surface area contributed by atoms with Crippen molar-refractivity contribution in [3.05, 3.63) is 63.9 Å². The summed E-state index contributed by atoms with van der Waals surface area (Å²) < 4.78 is 19.0. The molecule has 0 fully saturated rings. The zero-order chi connectivity index (χ0) is 17.4. The average Bonchev–Trinajstić information content (AvgIpc) is 2.59. The SMILES string of the molecule is CN=C(NCCc1ccc(F)cc1)NCc1ccc(OC)c(Br)c1. The van der Waals surface area contributed by atoms with Crippen LogP contribution in [0, 0.1) is 5.82 Å². The molecule has 0 unspecified atom stereocenters. The molecule has 6 heteroatoms. The maximum absolute atomic E-state index is 12.9. The first-order chi connectivity index (χ1) is 11.6. The average molecular weight is 394 g/mol. The third kappa shape index (κ3) is 5.53. The van der Waals surface area contributed by atoms with Crippen LogP contribution in [-0.2, 0) is 13.0 Å². The van der Waals surface area contributed by atoms with Gasteiger partial charge in [0.1, 0.15) is 11.6 Å². The van der Waals surface area contributed by atoms with E-state index in [1.165, 1.54) is 12.1 Å². The highest BCUT2D eigenvalue weighted by molar-refractivity contribution is 9.10. The summed E-state index contributed by atoms with van der Waals surface area (Å²) in [6, 6.07) is 12.5. The minimum Gasteiger partial charge on any atom is -0.496 e. The zero-order valence-electron chi connectivity index (χ0n) is 13.8. The van der Waals surface area contributed by atoms with Crippen molar-refractivity contribution < 1.29 is 9.13 Å². The lowest BCUT2D eigenvalue weighted by Crippen LogP contribution is -2.37. The van der Waals surface area contributed by atoms with E-state index in [0.717, 1.165) is 40.3 Å².